The standard InChI is InChI=1S/C12H13F6NO.ClH/c13-11(14,15)7-3-4-8(10(19)2-1-5-20)9(6-7)12(16,17)18;/h3-4,6,10,20H,1-2,5,19H2;1H/t10-;/m0./s1. The summed E-state index contributed by atoms with van der Waals surface area (Å²) in [6.45, 7) is -0.254. The van der Waals surface area contributed by atoms with E-state index in [0.29, 0.717) is 6.07 Å². The summed E-state index contributed by atoms with van der Waals surface area (Å²) in [6.07, 6.45) is -9.56. The van der Waals surface area contributed by atoms with E-state index in [-0.39, 0.29) is 37.9 Å². The van der Waals surface area contributed by atoms with Crippen molar-refractivity contribution in [3.63, 3.8) is 0 Å². The minimum absolute atomic E-state index is 0. The summed E-state index contributed by atoms with van der Waals surface area (Å²) in [5.41, 5.74) is 2.38. The second kappa shape index (κ2) is 7.33. The Morgan fingerprint density at radius 2 is 1.62 bits per heavy atom. The first-order valence-corrected chi connectivity index (χ1v) is 5.72. The summed E-state index contributed by atoms with van der Waals surface area (Å²) in [5.74, 6) is 0. The first-order valence-electron chi connectivity index (χ1n) is 5.72. The van der Waals surface area contributed by atoms with E-state index in [1.807, 2.05) is 0 Å². The van der Waals surface area contributed by atoms with Crippen LogP contribution in [0.1, 0.15) is 35.6 Å². The van der Waals surface area contributed by atoms with Crippen LogP contribution >= 0.6 is 12.4 Å². The highest BCUT2D eigenvalue weighted by Crippen LogP contribution is 2.39. The Balaban J connectivity index is 0.00000400. The van der Waals surface area contributed by atoms with E-state index in [4.69, 9.17) is 10.8 Å². The molecule has 0 aromatic heterocycles. The lowest BCUT2D eigenvalue weighted by molar-refractivity contribution is -0.143. The summed E-state index contributed by atoms with van der Waals surface area (Å²) < 4.78 is 75.9. The van der Waals surface area contributed by atoms with Gasteiger partial charge in [0, 0.05) is 12.6 Å². The maximum atomic E-state index is 12.8. The van der Waals surface area contributed by atoms with E-state index in [2.05, 4.69) is 0 Å². The topological polar surface area (TPSA) is 46.2 Å². The van der Waals surface area contributed by atoms with Gasteiger partial charge in [0.05, 0.1) is 11.1 Å². The molecule has 9 heteroatoms. The second-order valence-corrected chi connectivity index (χ2v) is 4.27. The maximum absolute atomic E-state index is 12.8. The molecule has 0 heterocycles. The van der Waals surface area contributed by atoms with Gasteiger partial charge < -0.3 is 10.8 Å². The molecule has 0 aliphatic heterocycles. The van der Waals surface area contributed by atoms with Crippen LogP contribution in [0.3, 0.4) is 0 Å². The molecular formula is C12H14ClF6NO. The molecule has 0 bridgehead atoms. The molecule has 0 unspecified atom stereocenters. The number of hydrogen-bond donors (Lipinski definition) is 2. The zero-order valence-electron chi connectivity index (χ0n) is 10.6. The number of rotatable bonds is 4. The normalized spacial score (nSPS) is 13.7. The van der Waals surface area contributed by atoms with Gasteiger partial charge in [-0.2, -0.15) is 26.3 Å². The smallest absolute Gasteiger partial charge is 0.396 e. The Kier molecular flexibility index (Phi) is 6.98. The third kappa shape index (κ3) is 5.37. The molecule has 0 aliphatic rings. The monoisotopic (exact) mass is 337 g/mol. The summed E-state index contributed by atoms with van der Waals surface area (Å²) in [5, 5.41) is 8.62. The van der Waals surface area contributed by atoms with Gasteiger partial charge in [0.25, 0.3) is 0 Å². The summed E-state index contributed by atoms with van der Waals surface area (Å²) in [7, 11) is 0. The second-order valence-electron chi connectivity index (χ2n) is 4.27. The van der Waals surface area contributed by atoms with Crippen molar-refractivity contribution >= 4 is 12.4 Å². The van der Waals surface area contributed by atoms with Crippen molar-refractivity contribution in [3.8, 4) is 0 Å². The van der Waals surface area contributed by atoms with Crippen molar-refractivity contribution in [3.05, 3.63) is 34.9 Å². The largest absolute Gasteiger partial charge is 0.416 e. The zero-order valence-corrected chi connectivity index (χ0v) is 11.4. The molecule has 0 saturated heterocycles. The Hall–Kier alpha value is -0.990. The van der Waals surface area contributed by atoms with Crippen LogP contribution in [-0.2, 0) is 12.4 Å². The van der Waals surface area contributed by atoms with Crippen LogP contribution in [0.2, 0.25) is 0 Å². The number of aliphatic hydroxyl groups is 1. The van der Waals surface area contributed by atoms with Gasteiger partial charge >= 0.3 is 12.4 Å². The minimum atomic E-state index is -4.92. The Morgan fingerprint density at radius 3 is 2.05 bits per heavy atom. The van der Waals surface area contributed by atoms with Gasteiger partial charge in [0.2, 0.25) is 0 Å². The zero-order chi connectivity index (χ0) is 15.6. The average Bonchev–Trinajstić information content (AvgIpc) is 2.33. The summed E-state index contributed by atoms with van der Waals surface area (Å²) in [6, 6.07) is 0.298. The molecule has 21 heavy (non-hydrogen) atoms. The molecule has 2 nitrogen and oxygen atoms in total. The number of benzene rings is 1. The molecule has 0 spiro atoms. The third-order valence-electron chi connectivity index (χ3n) is 2.76. The predicted octanol–water partition coefficient (Wildman–Crippen LogP) is 3.92. The highest BCUT2D eigenvalue weighted by atomic mass is 35.5. The van der Waals surface area contributed by atoms with Crippen LogP contribution < -0.4 is 5.73 Å². The number of hydrogen-bond acceptors (Lipinski definition) is 2. The van der Waals surface area contributed by atoms with Gasteiger partial charge in [0.1, 0.15) is 0 Å². The lowest BCUT2D eigenvalue weighted by atomic mass is 9.95. The minimum Gasteiger partial charge on any atom is -0.396 e. The molecule has 1 atom stereocenters. The van der Waals surface area contributed by atoms with Crippen LogP contribution in [-0.4, -0.2) is 11.7 Å². The van der Waals surface area contributed by atoms with Crippen molar-refractivity contribution in [2.45, 2.75) is 31.2 Å². The van der Waals surface area contributed by atoms with Gasteiger partial charge in [-0.1, -0.05) is 6.07 Å². The first-order chi connectivity index (χ1) is 9.07. The fourth-order valence-corrected chi connectivity index (χ4v) is 1.77. The van der Waals surface area contributed by atoms with Crippen molar-refractivity contribution in [2.24, 2.45) is 5.73 Å². The first kappa shape index (κ1) is 20.0. The molecule has 0 fully saturated rings. The van der Waals surface area contributed by atoms with Crippen LogP contribution in [0, 0.1) is 0 Å². The molecule has 0 aliphatic carbocycles. The third-order valence-corrected chi connectivity index (χ3v) is 2.76. The maximum Gasteiger partial charge on any atom is 0.416 e. The van der Waals surface area contributed by atoms with Crippen LogP contribution in [0.15, 0.2) is 18.2 Å². The summed E-state index contributed by atoms with van der Waals surface area (Å²) >= 11 is 0. The summed E-state index contributed by atoms with van der Waals surface area (Å²) in [4.78, 5) is 0. The number of alkyl halides is 6. The van der Waals surface area contributed by atoms with Crippen molar-refractivity contribution in [1.82, 2.24) is 0 Å². The molecule has 0 radical (unpaired) electrons. The van der Waals surface area contributed by atoms with Crippen LogP contribution in [0.5, 0.6) is 0 Å². The fourth-order valence-electron chi connectivity index (χ4n) is 1.77. The quantitative estimate of drug-likeness (QED) is 0.818. The fraction of sp³-hybridized carbons (Fsp3) is 0.500. The Labute approximate surface area is 123 Å². The van der Waals surface area contributed by atoms with Crippen LogP contribution in [0.25, 0.3) is 0 Å². The SMILES string of the molecule is Cl.N[C@@H](CCCO)c1ccc(C(F)(F)F)cc1C(F)(F)F. The Bertz CT molecular complexity index is 460. The van der Waals surface area contributed by atoms with E-state index >= 15 is 0 Å². The highest BCUT2D eigenvalue weighted by molar-refractivity contribution is 5.85. The molecule has 3 N–H and O–H groups in total. The molecule has 122 valence electrons. The molecule has 0 saturated carbocycles. The van der Waals surface area contributed by atoms with Gasteiger partial charge in [-0.3, -0.25) is 0 Å². The van der Waals surface area contributed by atoms with Crippen molar-refractivity contribution < 1.29 is 31.4 Å². The van der Waals surface area contributed by atoms with E-state index < -0.39 is 35.1 Å². The molecular weight excluding hydrogens is 324 g/mol. The predicted molar refractivity (Wildman–Crippen MR) is 66.9 cm³/mol. The number of aliphatic hydroxyl groups excluding tert-OH is 1. The van der Waals surface area contributed by atoms with Crippen LogP contribution in [0.4, 0.5) is 26.3 Å². The van der Waals surface area contributed by atoms with Crippen molar-refractivity contribution in [2.75, 3.05) is 6.61 Å². The molecule has 1 aromatic carbocycles. The van der Waals surface area contributed by atoms with Gasteiger partial charge in [-0.05, 0) is 30.5 Å². The highest BCUT2D eigenvalue weighted by Gasteiger charge is 2.38. The lowest BCUT2D eigenvalue weighted by Gasteiger charge is -2.20. The van der Waals surface area contributed by atoms with Crippen molar-refractivity contribution in [1.29, 1.82) is 0 Å². The Morgan fingerprint density at radius 1 is 1.05 bits per heavy atom. The average molecular weight is 338 g/mol. The number of halogens is 7. The van der Waals surface area contributed by atoms with E-state index in [1.165, 1.54) is 0 Å². The van der Waals surface area contributed by atoms with Gasteiger partial charge in [0.15, 0.2) is 0 Å². The molecule has 0 amide bonds. The van der Waals surface area contributed by atoms with E-state index in [1.54, 1.807) is 0 Å². The van der Waals surface area contributed by atoms with Gasteiger partial charge in [-0.15, -0.1) is 12.4 Å². The molecule has 1 rings (SSSR count). The number of nitrogens with two attached hydrogens (primary N) is 1. The van der Waals surface area contributed by atoms with E-state index in [0.717, 1.165) is 6.07 Å². The van der Waals surface area contributed by atoms with E-state index in [9.17, 15) is 26.3 Å². The van der Waals surface area contributed by atoms with Gasteiger partial charge in [-0.25, -0.2) is 0 Å². The lowest BCUT2D eigenvalue weighted by Crippen LogP contribution is -2.19. The molecule has 1 aromatic rings.